The number of ether oxygens (including phenoxy) is 1. The number of fused-ring (bicyclic) bond motifs is 1. The van der Waals surface area contributed by atoms with Gasteiger partial charge in [0.05, 0.1) is 29.5 Å². The minimum absolute atomic E-state index is 0.0946. The molecule has 144 valence electrons. The molecule has 0 radical (unpaired) electrons. The lowest BCUT2D eigenvalue weighted by molar-refractivity contribution is -0.128. The first-order valence-corrected chi connectivity index (χ1v) is 9.13. The molecule has 5 rings (SSSR count). The van der Waals surface area contributed by atoms with Gasteiger partial charge in [-0.15, -0.1) is 0 Å². The van der Waals surface area contributed by atoms with Crippen molar-refractivity contribution in [3.8, 4) is 0 Å². The van der Waals surface area contributed by atoms with Gasteiger partial charge in [0, 0.05) is 11.8 Å². The van der Waals surface area contributed by atoms with Gasteiger partial charge in [-0.1, -0.05) is 28.9 Å². The molecule has 1 spiro atoms. The molecule has 0 aliphatic carbocycles. The van der Waals surface area contributed by atoms with Crippen LogP contribution in [0.1, 0.15) is 5.76 Å². The van der Waals surface area contributed by atoms with E-state index in [-0.39, 0.29) is 23.4 Å². The molecular weight excluding hydrogens is 389 g/mol. The molecule has 4 heterocycles. The molecule has 1 N–H and O–H groups in total. The van der Waals surface area contributed by atoms with Crippen LogP contribution < -0.4 is 10.2 Å². The zero-order valence-corrected chi connectivity index (χ0v) is 15.4. The molecule has 9 heteroatoms. The lowest BCUT2D eigenvalue weighted by Gasteiger charge is -2.23. The molecule has 28 heavy (non-hydrogen) atoms. The number of carbonyl (C=O) groups is 2. The van der Waals surface area contributed by atoms with Crippen molar-refractivity contribution in [2.75, 3.05) is 16.8 Å². The van der Waals surface area contributed by atoms with Gasteiger partial charge in [-0.25, -0.2) is 4.39 Å². The average molecular weight is 404 g/mol. The number of aromatic nitrogens is 1. The first-order valence-electron chi connectivity index (χ1n) is 8.76. The summed E-state index contributed by atoms with van der Waals surface area (Å²) in [5, 5.41) is 6.53. The molecule has 1 aromatic heterocycles. The van der Waals surface area contributed by atoms with Crippen molar-refractivity contribution >= 4 is 34.9 Å². The number of nitrogens with one attached hydrogen (secondary N) is 1. The van der Waals surface area contributed by atoms with Crippen LogP contribution >= 0.6 is 11.6 Å². The van der Waals surface area contributed by atoms with Crippen molar-refractivity contribution in [2.45, 2.75) is 18.6 Å². The Hall–Kier alpha value is -2.71. The van der Waals surface area contributed by atoms with Crippen molar-refractivity contribution < 1.29 is 23.2 Å². The number of nitrogens with zero attached hydrogens (tertiary/aromatic N) is 2. The van der Waals surface area contributed by atoms with E-state index in [0.717, 1.165) is 0 Å². The first-order chi connectivity index (χ1) is 13.4. The van der Waals surface area contributed by atoms with E-state index in [1.165, 1.54) is 23.1 Å². The quantitative estimate of drug-likeness (QED) is 0.796. The van der Waals surface area contributed by atoms with Crippen LogP contribution in [0.2, 0.25) is 5.02 Å². The summed E-state index contributed by atoms with van der Waals surface area (Å²) >= 11 is 5.78. The Balaban J connectivity index is 1.43. The number of rotatable bonds is 3. The van der Waals surface area contributed by atoms with E-state index in [1.54, 1.807) is 13.0 Å². The van der Waals surface area contributed by atoms with Crippen LogP contribution in [0, 0.1) is 24.6 Å². The minimum Gasteiger partial charge on any atom is -0.360 e. The van der Waals surface area contributed by atoms with Gasteiger partial charge in [-0.2, -0.15) is 0 Å². The zero-order valence-electron chi connectivity index (χ0n) is 14.7. The number of hydrogen-bond donors (Lipinski definition) is 1. The maximum absolute atomic E-state index is 13.4. The van der Waals surface area contributed by atoms with E-state index >= 15 is 0 Å². The van der Waals surface area contributed by atoms with Crippen molar-refractivity contribution in [1.29, 1.82) is 0 Å². The molecule has 2 aromatic rings. The second-order valence-corrected chi connectivity index (χ2v) is 7.65. The molecule has 2 fully saturated rings. The van der Waals surface area contributed by atoms with E-state index in [2.05, 4.69) is 10.5 Å². The van der Waals surface area contributed by atoms with E-state index in [1.807, 2.05) is 12.2 Å². The molecule has 0 saturated carbocycles. The second kappa shape index (κ2) is 5.89. The van der Waals surface area contributed by atoms with Gasteiger partial charge in [-0.3, -0.25) is 14.5 Å². The summed E-state index contributed by atoms with van der Waals surface area (Å²) in [5.41, 5.74) is -0.511. The Bertz CT molecular complexity index is 1040. The Morgan fingerprint density at radius 2 is 2.25 bits per heavy atom. The summed E-state index contributed by atoms with van der Waals surface area (Å²) in [7, 11) is 0. The summed E-state index contributed by atoms with van der Waals surface area (Å²) in [6, 6.07) is 5.59. The second-order valence-electron chi connectivity index (χ2n) is 7.24. The van der Waals surface area contributed by atoms with E-state index in [0.29, 0.717) is 17.3 Å². The molecule has 7 nitrogen and oxygen atoms in total. The normalized spacial score (nSPS) is 30.2. The molecule has 2 unspecified atom stereocenters. The molecule has 3 aliphatic heterocycles. The summed E-state index contributed by atoms with van der Waals surface area (Å²) in [6.07, 6.45) is 3.17. The summed E-state index contributed by atoms with van der Waals surface area (Å²) in [5.74, 6) is -1.59. The predicted molar refractivity (Wildman–Crippen MR) is 97.4 cm³/mol. The number of halogens is 2. The van der Waals surface area contributed by atoms with Crippen LogP contribution in [0.3, 0.4) is 0 Å². The SMILES string of the molecule is Cc1cc(N2C[C@]34C=C[C@@H](O3)C(C(=O)Nc3ccc(F)c(Cl)c3)C4C2=O)no1. The van der Waals surface area contributed by atoms with Crippen LogP contribution in [-0.2, 0) is 14.3 Å². The molecule has 2 bridgehead atoms. The van der Waals surface area contributed by atoms with Crippen LogP contribution in [0.25, 0.3) is 0 Å². The third-order valence-electron chi connectivity index (χ3n) is 5.48. The molecule has 2 amide bonds. The van der Waals surface area contributed by atoms with Crippen molar-refractivity contribution in [2.24, 2.45) is 11.8 Å². The number of aryl methyl sites for hydroxylation is 1. The van der Waals surface area contributed by atoms with Crippen LogP contribution in [-0.4, -0.2) is 35.2 Å². The topological polar surface area (TPSA) is 84.7 Å². The van der Waals surface area contributed by atoms with Crippen molar-refractivity contribution in [1.82, 2.24) is 5.16 Å². The van der Waals surface area contributed by atoms with E-state index < -0.39 is 29.4 Å². The van der Waals surface area contributed by atoms with Gasteiger partial charge in [0.25, 0.3) is 0 Å². The fourth-order valence-corrected chi connectivity index (χ4v) is 4.45. The van der Waals surface area contributed by atoms with Crippen molar-refractivity contribution in [3.05, 3.63) is 53.0 Å². The summed E-state index contributed by atoms with van der Waals surface area (Å²) in [6.45, 7) is 2.00. The number of anilines is 2. The Morgan fingerprint density at radius 3 is 2.96 bits per heavy atom. The molecule has 1 aromatic carbocycles. The van der Waals surface area contributed by atoms with Gasteiger partial charge in [-0.05, 0) is 25.1 Å². The first kappa shape index (κ1) is 17.4. The third kappa shape index (κ3) is 2.41. The highest BCUT2D eigenvalue weighted by Gasteiger charge is 2.67. The van der Waals surface area contributed by atoms with Crippen LogP contribution in [0.4, 0.5) is 15.9 Å². The average Bonchev–Trinajstić information content (AvgIpc) is 3.39. The number of amides is 2. The molecular formula is C19H15ClFN3O4. The van der Waals surface area contributed by atoms with Crippen LogP contribution in [0.15, 0.2) is 40.9 Å². The van der Waals surface area contributed by atoms with Gasteiger partial charge in [0.2, 0.25) is 11.8 Å². The van der Waals surface area contributed by atoms with Gasteiger partial charge in [0.15, 0.2) is 5.82 Å². The van der Waals surface area contributed by atoms with Gasteiger partial charge in [0.1, 0.15) is 17.2 Å². The maximum Gasteiger partial charge on any atom is 0.235 e. The highest BCUT2D eigenvalue weighted by molar-refractivity contribution is 6.31. The number of benzene rings is 1. The molecule has 3 aliphatic rings. The monoisotopic (exact) mass is 403 g/mol. The number of carbonyl (C=O) groups excluding carboxylic acids is 2. The molecule has 4 atom stereocenters. The highest BCUT2D eigenvalue weighted by Crippen LogP contribution is 2.52. The molecule has 2 saturated heterocycles. The third-order valence-corrected chi connectivity index (χ3v) is 5.77. The summed E-state index contributed by atoms with van der Waals surface area (Å²) < 4.78 is 24.5. The lowest BCUT2D eigenvalue weighted by atomic mass is 9.77. The number of hydrogen-bond acceptors (Lipinski definition) is 5. The van der Waals surface area contributed by atoms with Gasteiger partial charge < -0.3 is 14.6 Å². The van der Waals surface area contributed by atoms with Gasteiger partial charge >= 0.3 is 0 Å². The van der Waals surface area contributed by atoms with Crippen LogP contribution in [0.5, 0.6) is 0 Å². The smallest absolute Gasteiger partial charge is 0.235 e. The zero-order chi connectivity index (χ0) is 19.6. The largest absolute Gasteiger partial charge is 0.360 e. The Kier molecular flexibility index (Phi) is 3.66. The highest BCUT2D eigenvalue weighted by atomic mass is 35.5. The van der Waals surface area contributed by atoms with Crippen molar-refractivity contribution in [3.63, 3.8) is 0 Å². The lowest BCUT2D eigenvalue weighted by Crippen LogP contribution is -2.41. The summed E-state index contributed by atoms with van der Waals surface area (Å²) in [4.78, 5) is 27.6. The minimum atomic E-state index is -0.864. The Morgan fingerprint density at radius 1 is 1.43 bits per heavy atom. The fourth-order valence-electron chi connectivity index (χ4n) is 4.27. The Labute approximate surface area is 164 Å². The van der Waals surface area contributed by atoms with E-state index in [9.17, 15) is 14.0 Å². The van der Waals surface area contributed by atoms with E-state index in [4.69, 9.17) is 20.9 Å². The fraction of sp³-hybridized carbons (Fsp3) is 0.316. The maximum atomic E-state index is 13.4. The standard InChI is InChI=1S/C19H15ClFN3O4/c1-9-6-14(23-28-9)24-8-19-5-4-13(27-19)15(16(19)18(24)26)17(25)22-10-2-3-12(21)11(20)7-10/h2-7,13,15-16H,8H2,1H3,(H,22,25)/t13-,15?,16?,19+/m1/s1. The predicted octanol–water partition coefficient (Wildman–Crippen LogP) is 2.70.